The number of nitrogens with one attached hydrogen (secondary N) is 2. The average Bonchev–Trinajstić information content (AvgIpc) is 3.00. The highest BCUT2D eigenvalue weighted by molar-refractivity contribution is 7.14. The van der Waals surface area contributed by atoms with Crippen molar-refractivity contribution >= 4 is 28.2 Å². The normalized spacial score (nSPS) is 9.59. The number of rotatable bonds is 5. The summed E-state index contributed by atoms with van der Waals surface area (Å²) in [4.78, 5) is 23.2. The summed E-state index contributed by atoms with van der Waals surface area (Å²) in [6.07, 6.45) is 1.20. The molecule has 0 spiro atoms. The number of benzene rings is 1. The van der Waals surface area contributed by atoms with Crippen LogP contribution in [0.4, 0.5) is 5.00 Å². The monoisotopic (exact) mass is 311 g/mol. The second-order valence-corrected chi connectivity index (χ2v) is 5.26. The Labute approximate surface area is 131 Å². The predicted molar refractivity (Wildman–Crippen MR) is 85.5 cm³/mol. The molecule has 1 aromatic carbocycles. The van der Waals surface area contributed by atoms with E-state index >= 15 is 0 Å². The summed E-state index contributed by atoms with van der Waals surface area (Å²) < 4.78 is 0. The smallest absolute Gasteiger partial charge is 0.256 e. The Morgan fingerprint density at radius 1 is 1.27 bits per heavy atom. The molecule has 0 bridgehead atoms. The molecular weight excluding hydrogens is 298 g/mol. The van der Waals surface area contributed by atoms with Gasteiger partial charge in [0.05, 0.1) is 5.56 Å². The topological polar surface area (TPSA) is 82.0 Å². The number of hydrogen-bond donors (Lipinski definition) is 2. The number of nitriles is 1. The molecule has 1 heterocycles. The Morgan fingerprint density at radius 3 is 2.64 bits per heavy atom. The van der Waals surface area contributed by atoms with Crippen LogP contribution >= 0.6 is 11.3 Å². The van der Waals surface area contributed by atoms with Crippen molar-refractivity contribution in [1.29, 1.82) is 5.26 Å². The zero-order valence-corrected chi connectivity index (χ0v) is 12.4. The van der Waals surface area contributed by atoms with Gasteiger partial charge in [0.15, 0.2) is 0 Å². The van der Waals surface area contributed by atoms with Crippen LogP contribution in [0.3, 0.4) is 0 Å². The molecule has 22 heavy (non-hydrogen) atoms. The molecule has 0 aliphatic rings. The maximum Gasteiger partial charge on any atom is 0.256 e. The number of amides is 2. The Kier molecular flexibility index (Phi) is 5.07. The Morgan fingerprint density at radius 2 is 2.00 bits per heavy atom. The number of anilines is 1. The van der Waals surface area contributed by atoms with Crippen LogP contribution in [0, 0.1) is 11.3 Å². The van der Waals surface area contributed by atoms with Gasteiger partial charge in [0.1, 0.15) is 11.1 Å². The van der Waals surface area contributed by atoms with Crippen molar-refractivity contribution in [2.45, 2.75) is 6.54 Å². The second kappa shape index (κ2) is 7.20. The highest BCUT2D eigenvalue weighted by Gasteiger charge is 2.10. The zero-order chi connectivity index (χ0) is 15.9. The van der Waals surface area contributed by atoms with Crippen molar-refractivity contribution in [3.8, 4) is 6.07 Å². The van der Waals surface area contributed by atoms with Crippen molar-refractivity contribution in [2.75, 3.05) is 5.32 Å². The number of carbonyl (C=O) groups is 2. The molecule has 0 saturated carbocycles. The Balaban J connectivity index is 2.01. The summed E-state index contributed by atoms with van der Waals surface area (Å²) in [5, 5.41) is 16.6. The molecule has 0 saturated heterocycles. The fourth-order valence-corrected chi connectivity index (χ4v) is 2.44. The van der Waals surface area contributed by atoms with Crippen molar-refractivity contribution in [1.82, 2.24) is 5.32 Å². The van der Waals surface area contributed by atoms with Gasteiger partial charge in [0.25, 0.3) is 5.91 Å². The summed E-state index contributed by atoms with van der Waals surface area (Å²) in [5.41, 5.74) is 1.80. The van der Waals surface area contributed by atoms with Gasteiger partial charge in [-0.05, 0) is 35.2 Å². The van der Waals surface area contributed by atoms with Gasteiger partial charge in [-0.3, -0.25) is 9.59 Å². The van der Waals surface area contributed by atoms with Crippen LogP contribution in [-0.2, 0) is 11.3 Å². The minimum absolute atomic E-state index is 0.247. The molecular formula is C16H13N3O2S. The van der Waals surface area contributed by atoms with Gasteiger partial charge in [0.2, 0.25) is 5.91 Å². The van der Waals surface area contributed by atoms with Crippen molar-refractivity contribution in [3.63, 3.8) is 0 Å². The lowest BCUT2D eigenvalue weighted by Gasteiger charge is -2.06. The molecule has 6 heteroatoms. The third kappa shape index (κ3) is 3.81. The predicted octanol–water partition coefficient (Wildman–Crippen LogP) is 2.67. The van der Waals surface area contributed by atoms with Crippen LogP contribution < -0.4 is 10.6 Å². The lowest BCUT2D eigenvalue weighted by Crippen LogP contribution is -2.20. The second-order valence-electron chi connectivity index (χ2n) is 4.35. The first-order valence-corrected chi connectivity index (χ1v) is 7.30. The lowest BCUT2D eigenvalue weighted by molar-refractivity contribution is -0.116. The van der Waals surface area contributed by atoms with Crippen LogP contribution in [0.2, 0.25) is 0 Å². The minimum atomic E-state index is -0.277. The fourth-order valence-electron chi connectivity index (χ4n) is 1.70. The van der Waals surface area contributed by atoms with Crippen LogP contribution in [0.15, 0.2) is 48.4 Å². The van der Waals surface area contributed by atoms with Crippen molar-refractivity contribution in [3.05, 3.63) is 65.1 Å². The van der Waals surface area contributed by atoms with E-state index in [0.717, 1.165) is 5.56 Å². The van der Waals surface area contributed by atoms with Gasteiger partial charge in [-0.25, -0.2) is 0 Å². The molecule has 0 fully saturated rings. The van der Waals surface area contributed by atoms with E-state index in [1.54, 1.807) is 35.7 Å². The van der Waals surface area contributed by atoms with Gasteiger partial charge in [-0.15, -0.1) is 11.3 Å². The molecule has 2 amide bonds. The standard InChI is InChI=1S/C16H13N3O2S/c1-2-14(20)18-10-11-3-5-12(6-4-11)15(21)19-16-13(9-17)7-8-22-16/h2-8H,1,10H2,(H,18,20)(H,19,21). The Bertz CT molecular complexity index is 741. The van der Waals surface area contributed by atoms with Gasteiger partial charge in [-0.1, -0.05) is 18.7 Å². The zero-order valence-electron chi connectivity index (χ0n) is 11.6. The van der Waals surface area contributed by atoms with E-state index in [0.29, 0.717) is 22.7 Å². The fraction of sp³-hybridized carbons (Fsp3) is 0.0625. The summed E-state index contributed by atoms with van der Waals surface area (Å²) in [6, 6.07) is 10.5. The van der Waals surface area contributed by atoms with Gasteiger partial charge in [-0.2, -0.15) is 5.26 Å². The van der Waals surface area contributed by atoms with E-state index in [1.165, 1.54) is 17.4 Å². The van der Waals surface area contributed by atoms with E-state index in [2.05, 4.69) is 17.2 Å². The maximum absolute atomic E-state index is 12.1. The quantitative estimate of drug-likeness (QED) is 0.833. The summed E-state index contributed by atoms with van der Waals surface area (Å²) >= 11 is 1.30. The van der Waals surface area contributed by atoms with E-state index in [-0.39, 0.29) is 11.8 Å². The molecule has 2 aromatic rings. The van der Waals surface area contributed by atoms with Crippen molar-refractivity contribution in [2.24, 2.45) is 0 Å². The highest BCUT2D eigenvalue weighted by atomic mass is 32.1. The number of hydrogen-bond acceptors (Lipinski definition) is 4. The van der Waals surface area contributed by atoms with E-state index in [4.69, 9.17) is 5.26 Å². The van der Waals surface area contributed by atoms with Crippen molar-refractivity contribution < 1.29 is 9.59 Å². The highest BCUT2D eigenvalue weighted by Crippen LogP contribution is 2.22. The number of nitrogens with zero attached hydrogens (tertiary/aromatic N) is 1. The van der Waals surface area contributed by atoms with E-state index < -0.39 is 0 Å². The molecule has 2 rings (SSSR count). The molecule has 0 aliphatic carbocycles. The molecule has 2 N–H and O–H groups in total. The third-order valence-electron chi connectivity index (χ3n) is 2.88. The van der Waals surface area contributed by atoms with E-state index in [1.807, 2.05) is 6.07 Å². The van der Waals surface area contributed by atoms with Gasteiger partial charge >= 0.3 is 0 Å². The summed E-state index contributed by atoms with van der Waals surface area (Å²) in [7, 11) is 0. The molecule has 110 valence electrons. The molecule has 0 aliphatic heterocycles. The van der Waals surface area contributed by atoms with Crippen LogP contribution in [0.25, 0.3) is 0 Å². The van der Waals surface area contributed by atoms with E-state index in [9.17, 15) is 9.59 Å². The Hall–Kier alpha value is -2.91. The minimum Gasteiger partial charge on any atom is -0.348 e. The summed E-state index contributed by atoms with van der Waals surface area (Å²) in [6.45, 7) is 3.74. The molecule has 1 aromatic heterocycles. The largest absolute Gasteiger partial charge is 0.348 e. The van der Waals surface area contributed by atoms with Crippen LogP contribution in [0.5, 0.6) is 0 Å². The van der Waals surface area contributed by atoms with Gasteiger partial charge in [0, 0.05) is 12.1 Å². The lowest BCUT2D eigenvalue weighted by atomic mass is 10.1. The first-order chi connectivity index (χ1) is 10.6. The maximum atomic E-state index is 12.1. The SMILES string of the molecule is C=CC(=O)NCc1ccc(C(=O)Nc2sccc2C#N)cc1. The molecule has 5 nitrogen and oxygen atoms in total. The molecule has 0 unspecified atom stereocenters. The number of carbonyl (C=O) groups excluding carboxylic acids is 2. The summed E-state index contributed by atoms with van der Waals surface area (Å²) in [5.74, 6) is -0.524. The third-order valence-corrected chi connectivity index (χ3v) is 3.71. The first-order valence-electron chi connectivity index (χ1n) is 6.42. The first kappa shape index (κ1) is 15.5. The van der Waals surface area contributed by atoms with Crippen LogP contribution in [0.1, 0.15) is 21.5 Å². The van der Waals surface area contributed by atoms with Gasteiger partial charge < -0.3 is 10.6 Å². The molecule has 0 radical (unpaired) electrons. The van der Waals surface area contributed by atoms with Crippen LogP contribution in [-0.4, -0.2) is 11.8 Å². The number of thiophene rings is 1. The molecule has 0 atom stereocenters. The average molecular weight is 311 g/mol.